The Kier molecular flexibility index (Phi) is 4.21. The number of carbonyl (C=O) groups excluding carboxylic acids is 2. The van der Waals surface area contributed by atoms with Gasteiger partial charge in [0.25, 0.3) is 5.91 Å². The van der Waals surface area contributed by atoms with Crippen LogP contribution in [0.15, 0.2) is 29.0 Å². The molecular weight excluding hydrogens is 322 g/mol. The topological polar surface area (TPSA) is 66.7 Å². The van der Waals surface area contributed by atoms with E-state index in [0.29, 0.717) is 27.3 Å². The largest absolute Gasteiger partial charge is 0.462 e. The van der Waals surface area contributed by atoms with Gasteiger partial charge < -0.3 is 14.2 Å². The average molecular weight is 337 g/mol. The highest BCUT2D eigenvalue weighted by atomic mass is 32.2. The summed E-state index contributed by atoms with van der Waals surface area (Å²) < 4.78 is 5.29. The summed E-state index contributed by atoms with van der Waals surface area (Å²) in [5.41, 5.74) is 0. The first-order chi connectivity index (χ1) is 10.6. The maximum Gasteiger partial charge on any atom is 0.266 e. The molecule has 1 aliphatic heterocycles. The Morgan fingerprint density at radius 2 is 2.27 bits per heavy atom. The molecule has 1 fully saturated rings. The average Bonchev–Trinajstić information content (AvgIpc) is 3.24. The van der Waals surface area contributed by atoms with Gasteiger partial charge in [-0.3, -0.25) is 9.59 Å². The van der Waals surface area contributed by atoms with Gasteiger partial charge in [0.1, 0.15) is 10.9 Å². The molecule has 0 radical (unpaired) electrons. The minimum Gasteiger partial charge on any atom is -0.462 e. The number of nitrogens with zero attached hydrogens (tertiary/aromatic N) is 3. The molecule has 0 bridgehead atoms. The second-order valence-corrected chi connectivity index (χ2v) is 7.06. The van der Waals surface area contributed by atoms with Crippen LogP contribution >= 0.6 is 23.1 Å². The molecule has 22 heavy (non-hydrogen) atoms. The summed E-state index contributed by atoms with van der Waals surface area (Å²) in [6.45, 7) is 0. The molecule has 2 aromatic heterocycles. The van der Waals surface area contributed by atoms with E-state index < -0.39 is 6.04 Å². The summed E-state index contributed by atoms with van der Waals surface area (Å²) in [4.78, 5) is 32.7. The van der Waals surface area contributed by atoms with E-state index in [1.165, 1.54) is 16.2 Å². The second kappa shape index (κ2) is 6.13. The summed E-state index contributed by atoms with van der Waals surface area (Å²) in [5, 5.41) is 0.663. The number of hydrogen-bond acceptors (Lipinski definition) is 6. The van der Waals surface area contributed by atoms with E-state index in [1.54, 1.807) is 55.3 Å². The van der Waals surface area contributed by atoms with Crippen molar-refractivity contribution < 1.29 is 14.0 Å². The van der Waals surface area contributed by atoms with Gasteiger partial charge in [-0.15, -0.1) is 23.1 Å². The van der Waals surface area contributed by atoms with Crippen molar-refractivity contribution in [3.63, 3.8) is 0 Å². The molecular formula is C14H15N3O3S2. The van der Waals surface area contributed by atoms with Crippen molar-refractivity contribution in [2.75, 3.05) is 25.7 Å². The SMILES string of the molecule is CN(C)C(=O)[C@H]1CSCN1C(=O)c1cnc(-c2ccco2)s1. The monoisotopic (exact) mass is 337 g/mol. The van der Waals surface area contributed by atoms with Gasteiger partial charge in [0.2, 0.25) is 5.91 Å². The van der Waals surface area contributed by atoms with Crippen LogP contribution in [0.1, 0.15) is 9.67 Å². The number of rotatable bonds is 3. The fourth-order valence-electron chi connectivity index (χ4n) is 2.17. The smallest absolute Gasteiger partial charge is 0.266 e. The first kappa shape index (κ1) is 15.1. The lowest BCUT2D eigenvalue weighted by atomic mass is 10.2. The Morgan fingerprint density at radius 1 is 1.45 bits per heavy atom. The predicted octanol–water partition coefficient (Wildman–Crippen LogP) is 2.01. The first-order valence-electron chi connectivity index (χ1n) is 6.67. The number of thioether (sulfide) groups is 1. The third-order valence-electron chi connectivity index (χ3n) is 3.32. The zero-order valence-electron chi connectivity index (χ0n) is 12.2. The van der Waals surface area contributed by atoms with Crippen LogP contribution in [0.25, 0.3) is 10.8 Å². The lowest BCUT2D eigenvalue weighted by Crippen LogP contribution is -2.46. The lowest BCUT2D eigenvalue weighted by molar-refractivity contribution is -0.132. The Labute approximate surface area is 136 Å². The van der Waals surface area contributed by atoms with Crippen molar-refractivity contribution in [2.45, 2.75) is 6.04 Å². The molecule has 3 heterocycles. The molecule has 0 aliphatic carbocycles. The van der Waals surface area contributed by atoms with Crippen molar-refractivity contribution in [1.82, 2.24) is 14.8 Å². The fraction of sp³-hybridized carbons (Fsp3) is 0.357. The maximum absolute atomic E-state index is 12.6. The molecule has 0 aromatic carbocycles. The van der Waals surface area contributed by atoms with E-state index in [4.69, 9.17) is 4.42 Å². The molecule has 0 saturated carbocycles. The number of carbonyl (C=O) groups is 2. The van der Waals surface area contributed by atoms with E-state index in [-0.39, 0.29) is 11.8 Å². The van der Waals surface area contributed by atoms with E-state index in [2.05, 4.69) is 4.98 Å². The fourth-order valence-corrected chi connectivity index (χ4v) is 4.16. The molecule has 3 rings (SSSR count). The Hall–Kier alpha value is -1.80. The number of furan rings is 1. The second-order valence-electron chi connectivity index (χ2n) is 5.03. The highest BCUT2D eigenvalue weighted by Crippen LogP contribution is 2.29. The van der Waals surface area contributed by atoms with Crippen LogP contribution in [-0.2, 0) is 4.79 Å². The van der Waals surface area contributed by atoms with Crippen molar-refractivity contribution in [1.29, 1.82) is 0 Å². The molecule has 1 atom stereocenters. The molecule has 2 amide bonds. The molecule has 0 spiro atoms. The zero-order valence-corrected chi connectivity index (χ0v) is 13.8. The van der Waals surface area contributed by atoms with Crippen molar-refractivity contribution in [2.24, 2.45) is 0 Å². The summed E-state index contributed by atoms with van der Waals surface area (Å²) in [5.74, 6) is 1.60. The number of likely N-dealkylation sites (N-methyl/N-ethyl adjacent to an activating group) is 1. The molecule has 0 unspecified atom stereocenters. The van der Waals surface area contributed by atoms with Gasteiger partial charge in [0, 0.05) is 19.8 Å². The van der Waals surface area contributed by atoms with Crippen molar-refractivity contribution >= 4 is 34.9 Å². The first-order valence-corrected chi connectivity index (χ1v) is 8.64. The van der Waals surface area contributed by atoms with Crippen LogP contribution in [0.2, 0.25) is 0 Å². The van der Waals surface area contributed by atoms with Crippen LogP contribution in [-0.4, -0.2) is 58.4 Å². The quantitative estimate of drug-likeness (QED) is 0.857. The Bertz CT molecular complexity index is 681. The van der Waals surface area contributed by atoms with Gasteiger partial charge in [-0.25, -0.2) is 4.98 Å². The zero-order chi connectivity index (χ0) is 15.7. The van der Waals surface area contributed by atoms with Gasteiger partial charge >= 0.3 is 0 Å². The highest BCUT2D eigenvalue weighted by molar-refractivity contribution is 7.99. The summed E-state index contributed by atoms with van der Waals surface area (Å²) >= 11 is 2.86. The maximum atomic E-state index is 12.6. The Balaban J connectivity index is 1.80. The van der Waals surface area contributed by atoms with Crippen molar-refractivity contribution in [3.8, 4) is 10.8 Å². The van der Waals surface area contributed by atoms with E-state index in [1.807, 2.05) is 0 Å². The minimum absolute atomic E-state index is 0.0471. The van der Waals surface area contributed by atoms with E-state index in [0.717, 1.165) is 0 Å². The third kappa shape index (κ3) is 2.76. The van der Waals surface area contributed by atoms with Crippen LogP contribution in [0.3, 0.4) is 0 Å². The summed E-state index contributed by atoms with van der Waals surface area (Å²) in [6, 6.07) is 3.18. The van der Waals surface area contributed by atoms with Crippen LogP contribution in [0.5, 0.6) is 0 Å². The van der Waals surface area contributed by atoms with Gasteiger partial charge in [-0.2, -0.15) is 0 Å². The predicted molar refractivity (Wildman–Crippen MR) is 85.8 cm³/mol. The number of amides is 2. The standard InChI is InChI=1S/C14H15N3O3S2/c1-16(2)13(18)9-7-21-8-17(9)14(19)11-6-15-12(22-11)10-4-3-5-20-10/h3-6,9H,7-8H2,1-2H3/t9-/m1/s1. The van der Waals surface area contributed by atoms with Gasteiger partial charge in [-0.1, -0.05) is 0 Å². The Morgan fingerprint density at radius 3 is 2.95 bits per heavy atom. The van der Waals surface area contributed by atoms with Gasteiger partial charge in [0.15, 0.2) is 10.8 Å². The van der Waals surface area contributed by atoms with Crippen molar-refractivity contribution in [3.05, 3.63) is 29.5 Å². The molecule has 1 saturated heterocycles. The van der Waals surface area contributed by atoms with Gasteiger partial charge in [-0.05, 0) is 12.1 Å². The molecule has 1 aliphatic rings. The number of hydrogen-bond donors (Lipinski definition) is 0. The molecule has 8 heteroatoms. The number of aromatic nitrogens is 1. The van der Waals surface area contributed by atoms with E-state index in [9.17, 15) is 9.59 Å². The minimum atomic E-state index is -0.401. The van der Waals surface area contributed by atoms with E-state index >= 15 is 0 Å². The molecule has 116 valence electrons. The summed E-state index contributed by atoms with van der Waals surface area (Å²) in [7, 11) is 3.41. The van der Waals surface area contributed by atoms with Crippen LogP contribution in [0, 0.1) is 0 Å². The molecule has 2 aromatic rings. The highest BCUT2D eigenvalue weighted by Gasteiger charge is 2.36. The lowest BCUT2D eigenvalue weighted by Gasteiger charge is -2.24. The molecule has 6 nitrogen and oxygen atoms in total. The normalized spacial score (nSPS) is 17.7. The number of thiazole rings is 1. The van der Waals surface area contributed by atoms with Crippen LogP contribution in [0.4, 0.5) is 0 Å². The van der Waals surface area contributed by atoms with Gasteiger partial charge in [0.05, 0.1) is 18.3 Å². The summed E-state index contributed by atoms with van der Waals surface area (Å²) in [6.07, 6.45) is 3.12. The van der Waals surface area contributed by atoms with Crippen LogP contribution < -0.4 is 0 Å². The third-order valence-corrected chi connectivity index (χ3v) is 5.33. The molecule has 0 N–H and O–H groups in total.